The van der Waals surface area contributed by atoms with Crippen molar-refractivity contribution in [1.29, 1.82) is 0 Å². The normalized spacial score (nSPS) is 12.4. The Kier molecular flexibility index (Phi) is 3.54. The average molecular weight is 255 g/mol. The predicted molar refractivity (Wildman–Crippen MR) is 45.5 cm³/mol. The molecule has 0 unspecified atom stereocenters. The minimum atomic E-state index is -2.31. The van der Waals surface area contributed by atoms with E-state index in [0.717, 1.165) is 6.92 Å². The number of carbonyl (C=O) groups is 1. The third-order valence-electron chi connectivity index (χ3n) is 1.86. The molecule has 0 aliphatic heterocycles. The molecule has 1 aromatic rings. The van der Waals surface area contributed by atoms with Crippen LogP contribution in [0.5, 0.6) is 5.75 Å². The first kappa shape index (κ1) is 13.2. The summed E-state index contributed by atoms with van der Waals surface area (Å²) in [6, 6.07) is 0. The highest BCUT2D eigenvalue weighted by Gasteiger charge is 2.28. The molecule has 0 fully saturated rings. The third-order valence-corrected chi connectivity index (χ3v) is 1.86. The maximum Gasteiger partial charge on any atom is 0.258 e. The molecule has 0 heterocycles. The summed E-state index contributed by atoms with van der Waals surface area (Å²) in [4.78, 5) is 10.6. The van der Waals surface area contributed by atoms with Gasteiger partial charge in [0.2, 0.25) is 29.1 Å². The smallest absolute Gasteiger partial charge is 0.258 e. The van der Waals surface area contributed by atoms with Crippen LogP contribution in [-0.4, -0.2) is 12.0 Å². The van der Waals surface area contributed by atoms with Crippen molar-refractivity contribution in [2.45, 2.75) is 13.0 Å². The molecule has 0 aliphatic carbocycles. The van der Waals surface area contributed by atoms with E-state index in [1.54, 1.807) is 0 Å². The molecule has 0 radical (unpaired) electrons. The van der Waals surface area contributed by atoms with Gasteiger partial charge in [-0.05, 0) is 6.92 Å². The highest BCUT2D eigenvalue weighted by Crippen LogP contribution is 2.29. The Bertz CT molecular complexity index is 448. The number of rotatable bonds is 3. The second kappa shape index (κ2) is 4.56. The quantitative estimate of drug-likeness (QED) is 0.507. The summed E-state index contributed by atoms with van der Waals surface area (Å²) in [6.07, 6.45) is -1.54. The predicted octanol–water partition coefficient (Wildman–Crippen LogP) is 1.63. The number of carbonyl (C=O) groups excluding carboxylic acids is 1. The minimum absolute atomic E-state index is 1.00. The molecule has 0 aliphatic rings. The Morgan fingerprint density at radius 2 is 1.35 bits per heavy atom. The zero-order chi connectivity index (χ0) is 13.3. The van der Waals surface area contributed by atoms with E-state index in [9.17, 15) is 26.7 Å². The van der Waals surface area contributed by atoms with Crippen LogP contribution in [0.3, 0.4) is 0 Å². The number of nitrogens with two attached hydrogens (primary N) is 1. The molecule has 8 heteroatoms. The molecule has 0 bridgehead atoms. The molecule has 1 aromatic carbocycles. The van der Waals surface area contributed by atoms with Gasteiger partial charge in [0.05, 0.1) is 0 Å². The largest absolute Gasteiger partial charge is 0.475 e. The van der Waals surface area contributed by atoms with E-state index < -0.39 is 46.8 Å². The summed E-state index contributed by atoms with van der Waals surface area (Å²) in [5.74, 6) is -13.6. The summed E-state index contributed by atoms with van der Waals surface area (Å²) in [5, 5.41) is 0. The monoisotopic (exact) mass is 255 g/mol. The maximum absolute atomic E-state index is 13.0. The first-order valence-corrected chi connectivity index (χ1v) is 4.24. The van der Waals surface area contributed by atoms with Gasteiger partial charge in [-0.25, -0.2) is 13.2 Å². The van der Waals surface area contributed by atoms with Gasteiger partial charge in [-0.2, -0.15) is 8.78 Å². The summed E-state index contributed by atoms with van der Waals surface area (Å²) >= 11 is 0. The summed E-state index contributed by atoms with van der Waals surface area (Å²) in [6.45, 7) is 1.00. The zero-order valence-electron chi connectivity index (χ0n) is 8.36. The summed E-state index contributed by atoms with van der Waals surface area (Å²) in [7, 11) is 0. The van der Waals surface area contributed by atoms with Crippen LogP contribution in [0.1, 0.15) is 6.92 Å². The zero-order valence-corrected chi connectivity index (χ0v) is 8.36. The molecule has 2 N–H and O–H groups in total. The number of halogens is 5. The van der Waals surface area contributed by atoms with Crippen LogP contribution in [0, 0.1) is 29.1 Å². The van der Waals surface area contributed by atoms with E-state index in [1.165, 1.54) is 0 Å². The number of amides is 1. The molecule has 17 heavy (non-hydrogen) atoms. The Labute approximate surface area is 92.0 Å². The minimum Gasteiger partial charge on any atom is -0.475 e. The van der Waals surface area contributed by atoms with Gasteiger partial charge >= 0.3 is 0 Å². The van der Waals surface area contributed by atoms with E-state index in [4.69, 9.17) is 5.73 Å². The van der Waals surface area contributed by atoms with Crippen LogP contribution in [0.15, 0.2) is 0 Å². The lowest BCUT2D eigenvalue weighted by molar-refractivity contribution is -0.124. The van der Waals surface area contributed by atoms with Crippen molar-refractivity contribution in [3.63, 3.8) is 0 Å². The van der Waals surface area contributed by atoms with Gasteiger partial charge in [0.25, 0.3) is 5.91 Å². The molecule has 0 aromatic heterocycles. The second-order valence-corrected chi connectivity index (χ2v) is 3.06. The number of benzene rings is 1. The standard InChI is InChI=1S/C9H6F5NO2/c1-2(9(15)16)17-8-6(13)4(11)3(10)5(12)7(8)14/h2H,1H3,(H2,15,16)/t2-/m0/s1. The molecular weight excluding hydrogens is 249 g/mol. The first-order valence-electron chi connectivity index (χ1n) is 4.24. The van der Waals surface area contributed by atoms with Crippen molar-refractivity contribution in [3.05, 3.63) is 29.1 Å². The molecule has 0 saturated heterocycles. The van der Waals surface area contributed by atoms with Crippen molar-refractivity contribution in [3.8, 4) is 5.75 Å². The fourth-order valence-corrected chi connectivity index (χ4v) is 0.923. The van der Waals surface area contributed by atoms with Crippen molar-refractivity contribution in [2.75, 3.05) is 0 Å². The van der Waals surface area contributed by atoms with Gasteiger partial charge in [-0.3, -0.25) is 4.79 Å². The molecule has 0 spiro atoms. The van der Waals surface area contributed by atoms with E-state index in [0.29, 0.717) is 0 Å². The fourth-order valence-electron chi connectivity index (χ4n) is 0.923. The Morgan fingerprint density at radius 1 is 1.00 bits per heavy atom. The molecule has 0 saturated carbocycles. The van der Waals surface area contributed by atoms with E-state index >= 15 is 0 Å². The van der Waals surface area contributed by atoms with Crippen LogP contribution in [0.4, 0.5) is 22.0 Å². The number of hydrogen-bond acceptors (Lipinski definition) is 2. The topological polar surface area (TPSA) is 52.3 Å². The Morgan fingerprint density at radius 3 is 1.71 bits per heavy atom. The van der Waals surface area contributed by atoms with Gasteiger partial charge in [0.15, 0.2) is 11.9 Å². The van der Waals surface area contributed by atoms with E-state index in [-0.39, 0.29) is 0 Å². The van der Waals surface area contributed by atoms with Crippen molar-refractivity contribution >= 4 is 5.91 Å². The van der Waals surface area contributed by atoms with E-state index in [1.807, 2.05) is 0 Å². The summed E-state index contributed by atoms with van der Waals surface area (Å²) < 4.78 is 68.4. The van der Waals surface area contributed by atoms with Crippen molar-refractivity contribution < 1.29 is 31.5 Å². The lowest BCUT2D eigenvalue weighted by Gasteiger charge is -2.13. The molecule has 1 amide bonds. The van der Waals surface area contributed by atoms with E-state index in [2.05, 4.69) is 4.74 Å². The highest BCUT2D eigenvalue weighted by molar-refractivity contribution is 5.78. The van der Waals surface area contributed by atoms with Gasteiger partial charge in [0.1, 0.15) is 0 Å². The highest BCUT2D eigenvalue weighted by atomic mass is 19.2. The Hall–Kier alpha value is -1.86. The number of primary amides is 1. The average Bonchev–Trinajstić information content (AvgIpc) is 2.29. The van der Waals surface area contributed by atoms with Crippen molar-refractivity contribution in [1.82, 2.24) is 0 Å². The van der Waals surface area contributed by atoms with Gasteiger partial charge in [-0.1, -0.05) is 0 Å². The molecule has 3 nitrogen and oxygen atoms in total. The van der Waals surface area contributed by atoms with Crippen LogP contribution in [0.25, 0.3) is 0 Å². The number of ether oxygens (including phenoxy) is 1. The lowest BCUT2D eigenvalue weighted by Crippen LogP contribution is -2.31. The Balaban J connectivity index is 3.30. The van der Waals surface area contributed by atoms with Crippen LogP contribution < -0.4 is 10.5 Å². The molecule has 1 rings (SSSR count). The third kappa shape index (κ3) is 2.29. The first-order chi connectivity index (χ1) is 7.77. The van der Waals surface area contributed by atoms with Gasteiger partial charge < -0.3 is 10.5 Å². The second-order valence-electron chi connectivity index (χ2n) is 3.06. The SMILES string of the molecule is C[C@H](Oc1c(F)c(F)c(F)c(F)c1F)C(N)=O. The maximum atomic E-state index is 13.0. The van der Waals surface area contributed by atoms with Gasteiger partial charge in [-0.15, -0.1) is 0 Å². The summed E-state index contributed by atoms with van der Waals surface area (Å²) in [5.41, 5.74) is 4.72. The fraction of sp³-hybridized carbons (Fsp3) is 0.222. The number of hydrogen-bond donors (Lipinski definition) is 1. The molecule has 94 valence electrons. The van der Waals surface area contributed by atoms with Crippen LogP contribution >= 0.6 is 0 Å². The lowest BCUT2D eigenvalue weighted by atomic mass is 10.2. The molecular formula is C9H6F5NO2. The van der Waals surface area contributed by atoms with Crippen LogP contribution in [0.2, 0.25) is 0 Å². The van der Waals surface area contributed by atoms with Crippen LogP contribution in [-0.2, 0) is 4.79 Å². The molecule has 1 atom stereocenters. The van der Waals surface area contributed by atoms with Crippen molar-refractivity contribution in [2.24, 2.45) is 5.73 Å². The van der Waals surface area contributed by atoms with Gasteiger partial charge in [0, 0.05) is 0 Å².